The molecule has 0 atom stereocenters. The van der Waals surface area contributed by atoms with E-state index in [1.165, 1.54) is 41.3 Å². The Hall–Kier alpha value is -1.87. The van der Waals surface area contributed by atoms with Gasteiger partial charge in [0.05, 0.1) is 5.69 Å². The van der Waals surface area contributed by atoms with E-state index in [9.17, 15) is 21.6 Å². The molecule has 0 fully saturated rings. The van der Waals surface area contributed by atoms with E-state index in [0.29, 0.717) is 4.72 Å². The van der Waals surface area contributed by atoms with Crippen LogP contribution in [-0.2, 0) is 10.0 Å². The first-order chi connectivity index (χ1) is 8.80. The van der Waals surface area contributed by atoms with Gasteiger partial charge >= 0.3 is 6.30 Å². The molecule has 0 aliphatic rings. The minimum atomic E-state index is -5.03. The van der Waals surface area contributed by atoms with Crippen LogP contribution in [0, 0.1) is 0 Å². The van der Waals surface area contributed by atoms with Crippen molar-refractivity contribution in [2.45, 2.75) is 11.2 Å². The molecule has 9 heteroatoms. The van der Waals surface area contributed by atoms with Gasteiger partial charge in [-0.15, -0.1) is 4.72 Å². The molecule has 1 aromatic heterocycles. The number of benzene rings is 1. The number of para-hydroxylation sites is 1. The Morgan fingerprint density at radius 2 is 1.84 bits per heavy atom. The Labute approximate surface area is 106 Å². The average molecular weight is 291 g/mol. The SMILES string of the molecule is O=S(=O)(NC(F)(F)F)c1ccccc1-n1cccn1. The van der Waals surface area contributed by atoms with Crippen LogP contribution in [0.1, 0.15) is 0 Å². The first-order valence-corrected chi connectivity index (χ1v) is 6.48. The molecule has 0 saturated carbocycles. The average Bonchev–Trinajstić information content (AvgIpc) is 2.79. The third kappa shape index (κ3) is 3.12. The highest BCUT2D eigenvalue weighted by Crippen LogP contribution is 2.22. The maximum absolute atomic E-state index is 12.2. The van der Waals surface area contributed by atoms with Crippen LogP contribution in [0.3, 0.4) is 0 Å². The van der Waals surface area contributed by atoms with Crippen molar-refractivity contribution < 1.29 is 21.6 Å². The molecule has 1 N–H and O–H groups in total. The van der Waals surface area contributed by atoms with Crippen molar-refractivity contribution in [2.24, 2.45) is 0 Å². The van der Waals surface area contributed by atoms with E-state index < -0.39 is 21.2 Å². The van der Waals surface area contributed by atoms with Crippen molar-refractivity contribution >= 4 is 10.0 Å². The summed E-state index contributed by atoms with van der Waals surface area (Å²) in [5.41, 5.74) is 0.0317. The van der Waals surface area contributed by atoms with Gasteiger partial charge in [-0.2, -0.15) is 18.3 Å². The number of hydrogen-bond acceptors (Lipinski definition) is 3. The lowest BCUT2D eigenvalue weighted by Gasteiger charge is -2.12. The molecule has 0 spiro atoms. The molecule has 0 aliphatic carbocycles. The number of aromatic nitrogens is 2. The van der Waals surface area contributed by atoms with Gasteiger partial charge in [-0.25, -0.2) is 13.1 Å². The van der Waals surface area contributed by atoms with Crippen LogP contribution < -0.4 is 4.72 Å². The van der Waals surface area contributed by atoms with Crippen LogP contribution in [0.2, 0.25) is 0 Å². The molecule has 0 aliphatic heterocycles. The van der Waals surface area contributed by atoms with Crippen molar-refractivity contribution in [3.05, 3.63) is 42.7 Å². The summed E-state index contributed by atoms with van der Waals surface area (Å²) in [6.07, 6.45) is -2.21. The highest BCUT2D eigenvalue weighted by Gasteiger charge is 2.36. The lowest BCUT2D eigenvalue weighted by atomic mass is 10.3. The van der Waals surface area contributed by atoms with E-state index in [1.807, 2.05) is 0 Å². The third-order valence-corrected chi connectivity index (χ3v) is 3.58. The smallest absolute Gasteiger partial charge is 0.240 e. The topological polar surface area (TPSA) is 64.0 Å². The molecule has 0 bridgehead atoms. The quantitative estimate of drug-likeness (QED) is 0.875. The van der Waals surface area contributed by atoms with E-state index in [2.05, 4.69) is 5.10 Å². The van der Waals surface area contributed by atoms with Crippen LogP contribution in [0.5, 0.6) is 0 Å². The molecule has 2 aromatic rings. The summed E-state index contributed by atoms with van der Waals surface area (Å²) >= 11 is 0. The zero-order chi connectivity index (χ0) is 14.1. The van der Waals surface area contributed by atoms with Gasteiger partial charge in [-0.1, -0.05) is 12.1 Å². The summed E-state index contributed by atoms with van der Waals surface area (Å²) in [6.45, 7) is 0. The van der Waals surface area contributed by atoms with Crippen molar-refractivity contribution in [1.29, 1.82) is 0 Å². The number of halogens is 3. The van der Waals surface area contributed by atoms with E-state index in [0.717, 1.165) is 6.07 Å². The van der Waals surface area contributed by atoms with Crippen molar-refractivity contribution in [3.8, 4) is 5.69 Å². The standard InChI is InChI=1S/C10H8F3N3O2S/c11-10(12,13)15-19(17,18)9-5-2-1-4-8(9)16-7-3-6-14-16/h1-7,15H. The minimum Gasteiger partial charge on any atom is -0.240 e. The summed E-state index contributed by atoms with van der Waals surface area (Å²) in [5, 5.41) is 3.80. The van der Waals surface area contributed by atoms with Gasteiger partial charge in [0, 0.05) is 12.4 Å². The van der Waals surface area contributed by atoms with Gasteiger partial charge in [-0.05, 0) is 18.2 Å². The van der Waals surface area contributed by atoms with E-state index in [1.54, 1.807) is 0 Å². The van der Waals surface area contributed by atoms with Gasteiger partial charge in [0.15, 0.2) is 0 Å². The van der Waals surface area contributed by atoms with Crippen LogP contribution in [0.25, 0.3) is 5.69 Å². The second kappa shape index (κ2) is 4.67. The Kier molecular flexibility index (Phi) is 3.33. The molecule has 1 aromatic carbocycles. The number of alkyl halides is 3. The molecular weight excluding hydrogens is 283 g/mol. The van der Waals surface area contributed by atoms with Crippen LogP contribution in [0.15, 0.2) is 47.6 Å². The molecule has 0 amide bonds. The van der Waals surface area contributed by atoms with Gasteiger partial charge in [0.2, 0.25) is 10.0 Å². The molecule has 1 heterocycles. The second-order valence-corrected chi connectivity index (χ2v) is 5.17. The minimum absolute atomic E-state index is 0.0317. The summed E-state index contributed by atoms with van der Waals surface area (Å²) in [4.78, 5) is -0.504. The van der Waals surface area contributed by atoms with Gasteiger partial charge in [0.25, 0.3) is 0 Å². The predicted molar refractivity (Wildman–Crippen MR) is 59.9 cm³/mol. The summed E-state index contributed by atoms with van der Waals surface area (Å²) < 4.78 is 61.8. The lowest BCUT2D eigenvalue weighted by Crippen LogP contribution is -2.37. The van der Waals surface area contributed by atoms with Crippen molar-refractivity contribution in [2.75, 3.05) is 0 Å². The Bertz CT molecular complexity index is 666. The third-order valence-electron chi connectivity index (χ3n) is 2.16. The fourth-order valence-electron chi connectivity index (χ4n) is 1.49. The fourth-order valence-corrected chi connectivity index (χ4v) is 2.60. The second-order valence-electron chi connectivity index (χ2n) is 3.52. The van der Waals surface area contributed by atoms with Crippen LogP contribution >= 0.6 is 0 Å². The molecule has 2 rings (SSSR count). The first-order valence-electron chi connectivity index (χ1n) is 4.99. The highest BCUT2D eigenvalue weighted by molar-refractivity contribution is 7.89. The van der Waals surface area contributed by atoms with Crippen molar-refractivity contribution in [1.82, 2.24) is 14.5 Å². The highest BCUT2D eigenvalue weighted by atomic mass is 32.2. The number of nitrogens with one attached hydrogen (secondary N) is 1. The van der Waals surface area contributed by atoms with Crippen LogP contribution in [-0.4, -0.2) is 24.5 Å². The van der Waals surface area contributed by atoms with Gasteiger partial charge in [0.1, 0.15) is 4.90 Å². The molecular formula is C10H8F3N3O2S. The molecule has 0 saturated heterocycles. The molecule has 0 radical (unpaired) electrons. The van der Waals surface area contributed by atoms with Gasteiger partial charge < -0.3 is 0 Å². The molecule has 19 heavy (non-hydrogen) atoms. The Balaban J connectivity index is 2.52. The predicted octanol–water partition coefficient (Wildman–Crippen LogP) is 1.67. The maximum atomic E-state index is 12.2. The largest absolute Gasteiger partial charge is 0.470 e. The monoisotopic (exact) mass is 291 g/mol. The van der Waals surface area contributed by atoms with Crippen LogP contribution in [0.4, 0.5) is 13.2 Å². The van der Waals surface area contributed by atoms with Gasteiger partial charge in [-0.3, -0.25) is 0 Å². The fraction of sp³-hybridized carbons (Fsp3) is 0.100. The van der Waals surface area contributed by atoms with E-state index in [4.69, 9.17) is 0 Å². The maximum Gasteiger partial charge on any atom is 0.470 e. The zero-order valence-corrected chi connectivity index (χ0v) is 10.1. The number of hydrogen-bond donors (Lipinski definition) is 1. The van der Waals surface area contributed by atoms with E-state index >= 15 is 0 Å². The van der Waals surface area contributed by atoms with E-state index in [-0.39, 0.29) is 5.69 Å². The Morgan fingerprint density at radius 1 is 1.16 bits per heavy atom. The van der Waals surface area contributed by atoms with Crippen molar-refractivity contribution in [3.63, 3.8) is 0 Å². The number of rotatable bonds is 3. The molecule has 5 nitrogen and oxygen atoms in total. The number of nitrogens with zero attached hydrogens (tertiary/aromatic N) is 2. The molecule has 0 unspecified atom stereocenters. The number of sulfonamides is 1. The summed E-state index contributed by atoms with van der Waals surface area (Å²) in [5.74, 6) is 0. The normalized spacial score (nSPS) is 12.6. The summed E-state index contributed by atoms with van der Waals surface area (Å²) in [6, 6.07) is 6.80. The first kappa shape index (κ1) is 13.6. The molecule has 102 valence electrons. The zero-order valence-electron chi connectivity index (χ0n) is 9.29. The summed E-state index contributed by atoms with van der Waals surface area (Å²) in [7, 11) is -4.71. The Morgan fingerprint density at radius 3 is 2.42 bits per heavy atom. The lowest BCUT2D eigenvalue weighted by molar-refractivity contribution is -0.138.